The smallest absolute Gasteiger partial charge is 0.239 e. The predicted molar refractivity (Wildman–Crippen MR) is 98.5 cm³/mol. The molecule has 1 aliphatic carbocycles. The molecule has 2 fully saturated rings. The Balaban J connectivity index is 1.46. The summed E-state index contributed by atoms with van der Waals surface area (Å²) in [5.41, 5.74) is 1.23. The number of rotatable bonds is 6. The standard InChI is InChI=1S/C19H28N4O2/c1-15(19(25)21(2)14-18(24)20-16-8-9-16)22-10-12-23(13-11-22)17-6-4-3-5-7-17/h3-7,15-16H,8-14H2,1-2H3,(H,20,24). The van der Waals surface area contributed by atoms with Crippen molar-refractivity contribution in [2.45, 2.75) is 31.8 Å². The van der Waals surface area contributed by atoms with Gasteiger partial charge in [-0.15, -0.1) is 0 Å². The maximum Gasteiger partial charge on any atom is 0.239 e. The molecule has 0 bridgehead atoms. The molecule has 1 saturated carbocycles. The quantitative estimate of drug-likeness (QED) is 0.834. The van der Waals surface area contributed by atoms with Gasteiger partial charge in [-0.3, -0.25) is 14.5 Å². The third-order valence-electron chi connectivity index (χ3n) is 5.04. The second-order valence-electron chi connectivity index (χ2n) is 7.07. The molecule has 2 aliphatic rings. The average Bonchev–Trinajstić information content (AvgIpc) is 3.45. The number of piperazine rings is 1. The van der Waals surface area contributed by atoms with Crippen molar-refractivity contribution in [1.82, 2.24) is 15.1 Å². The van der Waals surface area contributed by atoms with E-state index < -0.39 is 0 Å². The third kappa shape index (κ3) is 4.72. The minimum Gasteiger partial charge on any atom is -0.369 e. The van der Waals surface area contributed by atoms with Gasteiger partial charge in [0.1, 0.15) is 0 Å². The molecule has 1 heterocycles. The summed E-state index contributed by atoms with van der Waals surface area (Å²) in [6.45, 7) is 5.61. The van der Waals surface area contributed by atoms with Crippen LogP contribution in [0.2, 0.25) is 0 Å². The van der Waals surface area contributed by atoms with Crippen LogP contribution in [-0.4, -0.2) is 73.5 Å². The third-order valence-corrected chi connectivity index (χ3v) is 5.04. The largest absolute Gasteiger partial charge is 0.369 e. The molecule has 6 nitrogen and oxygen atoms in total. The molecule has 1 atom stereocenters. The summed E-state index contributed by atoms with van der Waals surface area (Å²) in [6, 6.07) is 10.5. The van der Waals surface area contributed by atoms with Crippen LogP contribution in [0.15, 0.2) is 30.3 Å². The number of para-hydroxylation sites is 1. The highest BCUT2D eigenvalue weighted by Gasteiger charge is 2.29. The van der Waals surface area contributed by atoms with Gasteiger partial charge >= 0.3 is 0 Å². The molecular weight excluding hydrogens is 316 g/mol. The molecule has 1 aromatic carbocycles. The molecule has 136 valence electrons. The molecule has 25 heavy (non-hydrogen) atoms. The Kier molecular flexibility index (Phi) is 5.58. The maximum absolute atomic E-state index is 12.6. The van der Waals surface area contributed by atoms with Gasteiger partial charge in [0, 0.05) is 45.0 Å². The zero-order valence-electron chi connectivity index (χ0n) is 15.1. The Morgan fingerprint density at radius 3 is 2.40 bits per heavy atom. The van der Waals surface area contributed by atoms with Crippen LogP contribution in [0.5, 0.6) is 0 Å². The zero-order chi connectivity index (χ0) is 17.8. The van der Waals surface area contributed by atoms with Gasteiger partial charge in [-0.25, -0.2) is 0 Å². The summed E-state index contributed by atoms with van der Waals surface area (Å²) >= 11 is 0. The Morgan fingerprint density at radius 2 is 1.80 bits per heavy atom. The van der Waals surface area contributed by atoms with E-state index in [9.17, 15) is 9.59 Å². The summed E-state index contributed by atoms with van der Waals surface area (Å²) in [6.07, 6.45) is 2.12. The molecular formula is C19H28N4O2. The molecule has 1 aromatic rings. The van der Waals surface area contributed by atoms with E-state index in [-0.39, 0.29) is 24.4 Å². The van der Waals surface area contributed by atoms with Gasteiger partial charge in [-0.05, 0) is 31.9 Å². The van der Waals surface area contributed by atoms with Gasteiger partial charge in [0.25, 0.3) is 0 Å². The van der Waals surface area contributed by atoms with E-state index in [1.54, 1.807) is 11.9 Å². The molecule has 1 saturated heterocycles. The fraction of sp³-hybridized carbons (Fsp3) is 0.579. The Hall–Kier alpha value is -2.08. The van der Waals surface area contributed by atoms with Crippen LogP contribution in [0.4, 0.5) is 5.69 Å². The highest BCUT2D eigenvalue weighted by Crippen LogP contribution is 2.19. The van der Waals surface area contributed by atoms with E-state index in [0.29, 0.717) is 6.04 Å². The molecule has 0 aromatic heterocycles. The topological polar surface area (TPSA) is 55.9 Å². The first-order chi connectivity index (χ1) is 12.0. The summed E-state index contributed by atoms with van der Waals surface area (Å²) in [7, 11) is 1.71. The van der Waals surface area contributed by atoms with Gasteiger partial charge in [-0.1, -0.05) is 18.2 Å². The van der Waals surface area contributed by atoms with Crippen LogP contribution in [0, 0.1) is 0 Å². The highest BCUT2D eigenvalue weighted by atomic mass is 16.2. The Labute approximate surface area is 149 Å². The first-order valence-electron chi connectivity index (χ1n) is 9.13. The van der Waals surface area contributed by atoms with Gasteiger partial charge in [0.2, 0.25) is 11.8 Å². The van der Waals surface area contributed by atoms with E-state index in [1.807, 2.05) is 13.0 Å². The summed E-state index contributed by atoms with van der Waals surface area (Å²) in [4.78, 5) is 30.6. The number of anilines is 1. The fourth-order valence-corrected chi connectivity index (χ4v) is 3.28. The number of benzene rings is 1. The predicted octanol–water partition coefficient (Wildman–Crippen LogP) is 0.934. The number of carbonyl (C=O) groups is 2. The molecule has 2 amide bonds. The molecule has 6 heteroatoms. The number of carbonyl (C=O) groups excluding carboxylic acids is 2. The number of nitrogens with zero attached hydrogens (tertiary/aromatic N) is 3. The second kappa shape index (κ2) is 7.87. The number of likely N-dealkylation sites (N-methyl/N-ethyl adjacent to an activating group) is 1. The van der Waals surface area contributed by atoms with E-state index >= 15 is 0 Å². The van der Waals surface area contributed by atoms with Crippen molar-refractivity contribution < 1.29 is 9.59 Å². The minimum absolute atomic E-state index is 0.0131. The summed E-state index contributed by atoms with van der Waals surface area (Å²) in [5, 5.41) is 2.93. The lowest BCUT2D eigenvalue weighted by molar-refractivity contribution is -0.138. The summed E-state index contributed by atoms with van der Waals surface area (Å²) in [5.74, 6) is -0.0430. The normalized spacial score (nSPS) is 19.4. The molecule has 1 N–H and O–H groups in total. The van der Waals surface area contributed by atoms with E-state index in [4.69, 9.17) is 0 Å². The van der Waals surface area contributed by atoms with Crippen LogP contribution >= 0.6 is 0 Å². The summed E-state index contributed by atoms with van der Waals surface area (Å²) < 4.78 is 0. The van der Waals surface area contributed by atoms with Crippen molar-refractivity contribution in [2.75, 3.05) is 44.7 Å². The molecule has 0 radical (unpaired) electrons. The first-order valence-corrected chi connectivity index (χ1v) is 9.13. The Bertz CT molecular complexity index is 595. The number of amides is 2. The van der Waals surface area contributed by atoms with E-state index in [2.05, 4.69) is 39.4 Å². The van der Waals surface area contributed by atoms with E-state index in [1.165, 1.54) is 5.69 Å². The van der Waals surface area contributed by atoms with Crippen LogP contribution in [0.1, 0.15) is 19.8 Å². The van der Waals surface area contributed by atoms with Crippen molar-refractivity contribution in [2.24, 2.45) is 0 Å². The van der Waals surface area contributed by atoms with Crippen molar-refractivity contribution in [1.29, 1.82) is 0 Å². The molecule has 1 unspecified atom stereocenters. The lowest BCUT2D eigenvalue weighted by Crippen LogP contribution is -2.55. The van der Waals surface area contributed by atoms with Crippen LogP contribution < -0.4 is 10.2 Å². The van der Waals surface area contributed by atoms with Gasteiger partial charge < -0.3 is 15.1 Å². The number of nitrogens with one attached hydrogen (secondary N) is 1. The van der Waals surface area contributed by atoms with Crippen LogP contribution in [0.3, 0.4) is 0 Å². The molecule has 0 spiro atoms. The van der Waals surface area contributed by atoms with Crippen molar-refractivity contribution in [3.05, 3.63) is 30.3 Å². The fourth-order valence-electron chi connectivity index (χ4n) is 3.28. The lowest BCUT2D eigenvalue weighted by Gasteiger charge is -2.39. The Morgan fingerprint density at radius 1 is 1.16 bits per heavy atom. The number of hydrogen-bond acceptors (Lipinski definition) is 4. The van der Waals surface area contributed by atoms with Gasteiger partial charge in [0.05, 0.1) is 12.6 Å². The van der Waals surface area contributed by atoms with Gasteiger partial charge in [-0.2, -0.15) is 0 Å². The van der Waals surface area contributed by atoms with Crippen LogP contribution in [0.25, 0.3) is 0 Å². The first kappa shape index (κ1) is 17.7. The second-order valence-corrected chi connectivity index (χ2v) is 7.07. The molecule has 3 rings (SSSR count). The monoisotopic (exact) mass is 344 g/mol. The van der Waals surface area contributed by atoms with E-state index in [0.717, 1.165) is 39.0 Å². The van der Waals surface area contributed by atoms with Crippen molar-refractivity contribution in [3.8, 4) is 0 Å². The highest BCUT2D eigenvalue weighted by molar-refractivity contribution is 5.87. The lowest BCUT2D eigenvalue weighted by atomic mass is 10.2. The zero-order valence-corrected chi connectivity index (χ0v) is 15.1. The molecule has 1 aliphatic heterocycles. The average molecular weight is 344 g/mol. The minimum atomic E-state index is -0.198. The van der Waals surface area contributed by atoms with Gasteiger partial charge in [0.15, 0.2) is 0 Å². The van der Waals surface area contributed by atoms with Crippen molar-refractivity contribution in [3.63, 3.8) is 0 Å². The van der Waals surface area contributed by atoms with Crippen molar-refractivity contribution >= 4 is 17.5 Å². The SMILES string of the molecule is CC(C(=O)N(C)CC(=O)NC1CC1)N1CCN(c2ccccc2)CC1. The maximum atomic E-state index is 12.6. The number of hydrogen-bond donors (Lipinski definition) is 1. The van der Waals surface area contributed by atoms with Crippen LogP contribution in [-0.2, 0) is 9.59 Å².